The van der Waals surface area contributed by atoms with Gasteiger partial charge in [-0.2, -0.15) is 0 Å². The minimum atomic E-state index is 0.530. The van der Waals surface area contributed by atoms with Crippen molar-refractivity contribution < 1.29 is 0 Å². The number of rotatable bonds is 1. The molecule has 0 atom stereocenters. The largest absolute Gasteiger partial charge is 0.336 e. The van der Waals surface area contributed by atoms with Gasteiger partial charge in [-0.05, 0) is 13.0 Å². The van der Waals surface area contributed by atoms with Crippen LogP contribution in [0.25, 0.3) is 0 Å². The minimum Gasteiger partial charge on any atom is -0.336 e. The highest BCUT2D eigenvalue weighted by Gasteiger charge is 2.10. The average molecular weight is 151 g/mol. The predicted octanol–water partition coefficient (Wildman–Crippen LogP) is 0.707. The lowest BCUT2D eigenvalue weighted by Gasteiger charge is -2.24. The molecule has 1 aliphatic rings. The highest BCUT2D eigenvalue weighted by molar-refractivity contribution is 5.83. The Hall–Kier alpha value is -1.09. The number of aliphatic imine (C=N–C) groups is 1. The Bertz CT molecular complexity index is 238. The molecule has 0 aliphatic carbocycles. The Morgan fingerprint density at radius 2 is 2.36 bits per heavy atom. The number of allylic oxidation sites excluding steroid dienone is 1. The van der Waals surface area contributed by atoms with Crippen LogP contribution in [0.2, 0.25) is 0 Å². The third-order valence-electron chi connectivity index (χ3n) is 1.76. The maximum atomic E-state index is 5.51. The summed E-state index contributed by atoms with van der Waals surface area (Å²) < 4.78 is 0. The molecule has 0 saturated carbocycles. The van der Waals surface area contributed by atoms with Crippen molar-refractivity contribution in [3.8, 4) is 0 Å². The summed E-state index contributed by atoms with van der Waals surface area (Å²) in [5, 5.41) is 0. The van der Waals surface area contributed by atoms with Gasteiger partial charge in [0.05, 0.1) is 5.70 Å². The topological polar surface area (TPSA) is 41.6 Å². The van der Waals surface area contributed by atoms with Gasteiger partial charge in [0, 0.05) is 19.3 Å². The van der Waals surface area contributed by atoms with E-state index in [4.69, 9.17) is 5.73 Å². The van der Waals surface area contributed by atoms with Crippen LogP contribution in [-0.4, -0.2) is 24.3 Å². The van der Waals surface area contributed by atoms with Gasteiger partial charge < -0.3 is 10.6 Å². The van der Waals surface area contributed by atoms with E-state index < -0.39 is 0 Å². The van der Waals surface area contributed by atoms with Crippen LogP contribution in [0.15, 0.2) is 29.0 Å². The molecule has 3 nitrogen and oxygen atoms in total. The molecule has 2 N–H and O–H groups in total. The van der Waals surface area contributed by atoms with Crippen molar-refractivity contribution >= 4 is 5.84 Å². The summed E-state index contributed by atoms with van der Waals surface area (Å²) in [6, 6.07) is 0. The molecule has 0 spiro atoms. The van der Waals surface area contributed by atoms with Gasteiger partial charge in [0.25, 0.3) is 0 Å². The van der Waals surface area contributed by atoms with Gasteiger partial charge in [-0.1, -0.05) is 6.58 Å². The third kappa shape index (κ3) is 1.49. The van der Waals surface area contributed by atoms with E-state index in [1.807, 2.05) is 24.9 Å². The predicted molar refractivity (Wildman–Crippen MR) is 47.1 cm³/mol. The lowest BCUT2D eigenvalue weighted by Crippen LogP contribution is -2.30. The minimum absolute atomic E-state index is 0.530. The highest BCUT2D eigenvalue weighted by Crippen LogP contribution is 2.12. The Kier molecular flexibility index (Phi) is 2.10. The van der Waals surface area contributed by atoms with E-state index in [9.17, 15) is 0 Å². The second-order valence-electron chi connectivity index (χ2n) is 2.55. The first-order valence-electron chi connectivity index (χ1n) is 3.53. The van der Waals surface area contributed by atoms with Crippen LogP contribution in [0.4, 0.5) is 0 Å². The lowest BCUT2D eigenvalue weighted by atomic mass is 10.2. The van der Waals surface area contributed by atoms with E-state index >= 15 is 0 Å². The first-order valence-corrected chi connectivity index (χ1v) is 3.53. The molecule has 0 aromatic heterocycles. The van der Waals surface area contributed by atoms with Crippen LogP contribution >= 0.6 is 0 Å². The van der Waals surface area contributed by atoms with E-state index in [2.05, 4.69) is 11.6 Å². The Balaban J connectivity index is 2.90. The molecule has 0 aromatic carbocycles. The van der Waals surface area contributed by atoms with E-state index in [0.29, 0.717) is 6.54 Å². The molecule has 0 aromatic rings. The van der Waals surface area contributed by atoms with Crippen LogP contribution in [0, 0.1) is 0 Å². The summed E-state index contributed by atoms with van der Waals surface area (Å²) in [5.41, 5.74) is 7.35. The standard InChI is InChI=1S/C8H13N3/c1-6-4-8(5-9)11(3)7(2)10-6/h4H,1,5,9H2,2-3H3. The first-order chi connectivity index (χ1) is 5.15. The summed E-state index contributed by atoms with van der Waals surface area (Å²) >= 11 is 0. The lowest BCUT2D eigenvalue weighted by molar-refractivity contribution is 0.597. The van der Waals surface area contributed by atoms with Gasteiger partial charge in [0.1, 0.15) is 5.84 Å². The van der Waals surface area contributed by atoms with Crippen molar-refractivity contribution in [2.45, 2.75) is 6.92 Å². The summed E-state index contributed by atoms with van der Waals surface area (Å²) in [5.74, 6) is 0.943. The van der Waals surface area contributed by atoms with Gasteiger partial charge >= 0.3 is 0 Å². The molecule has 1 heterocycles. The zero-order chi connectivity index (χ0) is 8.43. The van der Waals surface area contributed by atoms with Gasteiger partial charge in [-0.25, -0.2) is 4.99 Å². The van der Waals surface area contributed by atoms with Crippen molar-refractivity contribution in [1.82, 2.24) is 4.90 Å². The number of likely N-dealkylation sites (N-methyl/N-ethyl adjacent to an activating group) is 1. The molecule has 0 amide bonds. The van der Waals surface area contributed by atoms with E-state index in [1.165, 1.54) is 0 Å². The van der Waals surface area contributed by atoms with Crippen molar-refractivity contribution in [1.29, 1.82) is 0 Å². The Labute approximate surface area is 66.9 Å². The molecule has 1 aliphatic heterocycles. The van der Waals surface area contributed by atoms with Crippen LogP contribution in [0.5, 0.6) is 0 Å². The van der Waals surface area contributed by atoms with Gasteiger partial charge in [-0.15, -0.1) is 0 Å². The number of hydrogen-bond donors (Lipinski definition) is 1. The summed E-state index contributed by atoms with van der Waals surface area (Å²) in [4.78, 5) is 6.14. The second kappa shape index (κ2) is 2.88. The Morgan fingerprint density at radius 3 is 2.91 bits per heavy atom. The number of amidine groups is 1. The summed E-state index contributed by atoms with van der Waals surface area (Å²) in [7, 11) is 1.95. The highest BCUT2D eigenvalue weighted by atomic mass is 15.2. The Morgan fingerprint density at radius 1 is 1.73 bits per heavy atom. The van der Waals surface area contributed by atoms with Gasteiger partial charge in [0.15, 0.2) is 0 Å². The zero-order valence-corrected chi connectivity index (χ0v) is 6.96. The maximum absolute atomic E-state index is 5.51. The molecule has 0 bridgehead atoms. The maximum Gasteiger partial charge on any atom is 0.106 e. The molecular weight excluding hydrogens is 138 g/mol. The van der Waals surface area contributed by atoms with E-state index in [0.717, 1.165) is 17.2 Å². The molecule has 0 fully saturated rings. The molecular formula is C8H13N3. The van der Waals surface area contributed by atoms with Crippen LogP contribution in [-0.2, 0) is 0 Å². The van der Waals surface area contributed by atoms with Crippen molar-refractivity contribution in [3.63, 3.8) is 0 Å². The van der Waals surface area contributed by atoms with E-state index in [-0.39, 0.29) is 0 Å². The third-order valence-corrected chi connectivity index (χ3v) is 1.76. The SMILES string of the molecule is C=C1C=C(CN)N(C)C(C)=N1. The fourth-order valence-corrected chi connectivity index (χ4v) is 1.01. The molecule has 0 saturated heterocycles. The monoisotopic (exact) mass is 151 g/mol. The molecule has 0 radical (unpaired) electrons. The van der Waals surface area contributed by atoms with Crippen molar-refractivity contribution in [3.05, 3.63) is 24.0 Å². The average Bonchev–Trinajstić information content (AvgIpc) is 1.96. The zero-order valence-electron chi connectivity index (χ0n) is 6.96. The summed E-state index contributed by atoms with van der Waals surface area (Å²) in [6.07, 6.45) is 1.90. The molecule has 11 heavy (non-hydrogen) atoms. The van der Waals surface area contributed by atoms with Gasteiger partial charge in [0.2, 0.25) is 0 Å². The van der Waals surface area contributed by atoms with Crippen LogP contribution in [0.1, 0.15) is 6.92 Å². The molecule has 60 valence electrons. The molecule has 3 heteroatoms. The summed E-state index contributed by atoms with van der Waals surface area (Å²) in [6.45, 7) is 6.22. The van der Waals surface area contributed by atoms with Gasteiger partial charge in [-0.3, -0.25) is 0 Å². The van der Waals surface area contributed by atoms with Crippen LogP contribution < -0.4 is 5.73 Å². The number of nitrogens with two attached hydrogens (primary N) is 1. The number of hydrogen-bond acceptors (Lipinski definition) is 3. The van der Waals surface area contributed by atoms with E-state index in [1.54, 1.807) is 0 Å². The van der Waals surface area contributed by atoms with Crippen LogP contribution in [0.3, 0.4) is 0 Å². The van der Waals surface area contributed by atoms with Crippen molar-refractivity contribution in [2.24, 2.45) is 10.7 Å². The molecule has 0 unspecified atom stereocenters. The smallest absolute Gasteiger partial charge is 0.106 e. The second-order valence-corrected chi connectivity index (χ2v) is 2.55. The fraction of sp³-hybridized carbons (Fsp3) is 0.375. The normalized spacial score (nSPS) is 18.1. The number of nitrogens with zero attached hydrogens (tertiary/aromatic N) is 2. The van der Waals surface area contributed by atoms with Crippen molar-refractivity contribution in [2.75, 3.05) is 13.6 Å². The first kappa shape index (κ1) is 8.01. The molecule has 1 rings (SSSR count). The quantitative estimate of drug-likeness (QED) is 0.599. The fourth-order valence-electron chi connectivity index (χ4n) is 1.01.